The molecule has 0 radical (unpaired) electrons. The molecule has 1 atom stereocenters. The van der Waals surface area contributed by atoms with Gasteiger partial charge in [0.2, 0.25) is 11.8 Å². The Kier molecular flexibility index (Phi) is 5.95. The number of nitrogens with zero attached hydrogens (tertiary/aromatic N) is 1. The van der Waals surface area contributed by atoms with Gasteiger partial charge in [0.1, 0.15) is 5.75 Å². The molecule has 2 amide bonds. The van der Waals surface area contributed by atoms with Gasteiger partial charge in [0, 0.05) is 19.5 Å². The summed E-state index contributed by atoms with van der Waals surface area (Å²) in [4.78, 5) is 25.6. The number of hydrogen-bond acceptors (Lipinski definition) is 3. The van der Waals surface area contributed by atoms with E-state index < -0.39 is 0 Å². The van der Waals surface area contributed by atoms with Gasteiger partial charge < -0.3 is 15.4 Å². The molecule has 3 rings (SSSR count). The molecule has 5 heteroatoms. The van der Waals surface area contributed by atoms with Gasteiger partial charge in [0.25, 0.3) is 0 Å². The van der Waals surface area contributed by atoms with Crippen molar-refractivity contribution >= 4 is 11.8 Å². The summed E-state index contributed by atoms with van der Waals surface area (Å²) in [5, 5.41) is 0. The minimum absolute atomic E-state index is 0.105. The first kappa shape index (κ1) is 17.8. The van der Waals surface area contributed by atoms with Crippen molar-refractivity contribution in [2.24, 2.45) is 11.7 Å². The predicted octanol–water partition coefficient (Wildman–Crippen LogP) is 2.66. The molecule has 136 valence electrons. The Bertz CT molecular complexity index is 611. The molecule has 2 fully saturated rings. The van der Waals surface area contributed by atoms with E-state index in [9.17, 15) is 9.59 Å². The van der Waals surface area contributed by atoms with Crippen LogP contribution in [0.15, 0.2) is 24.3 Å². The average molecular weight is 344 g/mol. The zero-order valence-electron chi connectivity index (χ0n) is 14.8. The Morgan fingerprint density at radius 2 is 1.96 bits per heavy atom. The highest BCUT2D eigenvalue weighted by molar-refractivity contribution is 5.80. The Hall–Kier alpha value is -2.04. The lowest BCUT2D eigenvalue weighted by molar-refractivity contribution is -0.134. The first-order chi connectivity index (χ1) is 12.1. The van der Waals surface area contributed by atoms with E-state index in [0.29, 0.717) is 25.5 Å². The van der Waals surface area contributed by atoms with Crippen LogP contribution in [0.3, 0.4) is 0 Å². The van der Waals surface area contributed by atoms with Crippen LogP contribution in [0.2, 0.25) is 0 Å². The van der Waals surface area contributed by atoms with Crippen LogP contribution < -0.4 is 10.5 Å². The van der Waals surface area contributed by atoms with Gasteiger partial charge in [-0.05, 0) is 62.6 Å². The number of carbonyl (C=O) groups is 2. The smallest absolute Gasteiger partial charge is 0.222 e. The van der Waals surface area contributed by atoms with Crippen molar-refractivity contribution in [2.75, 3.05) is 13.1 Å². The van der Waals surface area contributed by atoms with Crippen LogP contribution in [0.4, 0.5) is 0 Å². The summed E-state index contributed by atoms with van der Waals surface area (Å²) in [6.07, 6.45) is 7.91. The average Bonchev–Trinajstić information content (AvgIpc) is 3.13. The number of primary amides is 1. The Balaban J connectivity index is 1.50. The van der Waals surface area contributed by atoms with E-state index in [4.69, 9.17) is 10.5 Å². The minimum Gasteiger partial charge on any atom is -0.490 e. The SMILES string of the molecule is NC(=O)[C@@H]1CCCN(C(=O)CCc2cccc(OC3CCCC3)c2)C1. The highest BCUT2D eigenvalue weighted by Gasteiger charge is 2.26. The Labute approximate surface area is 149 Å². The fourth-order valence-corrected chi connectivity index (χ4v) is 3.82. The third-order valence-corrected chi connectivity index (χ3v) is 5.31. The largest absolute Gasteiger partial charge is 0.490 e. The summed E-state index contributed by atoms with van der Waals surface area (Å²) in [6.45, 7) is 1.20. The first-order valence-corrected chi connectivity index (χ1v) is 9.44. The van der Waals surface area contributed by atoms with Crippen molar-refractivity contribution in [1.29, 1.82) is 0 Å². The second-order valence-corrected chi connectivity index (χ2v) is 7.25. The Morgan fingerprint density at radius 1 is 1.16 bits per heavy atom. The van der Waals surface area contributed by atoms with Crippen molar-refractivity contribution in [3.8, 4) is 5.75 Å². The number of aryl methyl sites for hydroxylation is 1. The van der Waals surface area contributed by atoms with Crippen LogP contribution in [-0.4, -0.2) is 35.9 Å². The predicted molar refractivity (Wildman–Crippen MR) is 96.1 cm³/mol. The molecule has 1 heterocycles. The number of likely N-dealkylation sites (tertiary alicyclic amines) is 1. The number of carbonyl (C=O) groups excluding carboxylic acids is 2. The highest BCUT2D eigenvalue weighted by Crippen LogP contribution is 2.25. The molecule has 1 saturated carbocycles. The quantitative estimate of drug-likeness (QED) is 0.862. The molecule has 1 aromatic rings. The molecule has 1 saturated heterocycles. The van der Waals surface area contributed by atoms with Crippen LogP contribution in [0, 0.1) is 5.92 Å². The lowest BCUT2D eigenvalue weighted by Crippen LogP contribution is -2.44. The summed E-state index contributed by atoms with van der Waals surface area (Å²) in [7, 11) is 0. The molecule has 1 aromatic carbocycles. The summed E-state index contributed by atoms with van der Waals surface area (Å²) < 4.78 is 6.03. The molecule has 0 spiro atoms. The number of nitrogens with two attached hydrogens (primary N) is 1. The molecule has 5 nitrogen and oxygen atoms in total. The molecular weight excluding hydrogens is 316 g/mol. The lowest BCUT2D eigenvalue weighted by Gasteiger charge is -2.31. The van der Waals surface area contributed by atoms with E-state index in [1.165, 1.54) is 12.8 Å². The van der Waals surface area contributed by atoms with Crippen LogP contribution in [-0.2, 0) is 16.0 Å². The topological polar surface area (TPSA) is 72.6 Å². The maximum absolute atomic E-state index is 12.4. The summed E-state index contributed by atoms with van der Waals surface area (Å²) >= 11 is 0. The van der Waals surface area contributed by atoms with Gasteiger partial charge in [0.05, 0.1) is 12.0 Å². The Morgan fingerprint density at radius 3 is 2.72 bits per heavy atom. The molecule has 1 aliphatic heterocycles. The van der Waals surface area contributed by atoms with Crippen molar-refractivity contribution < 1.29 is 14.3 Å². The van der Waals surface area contributed by atoms with E-state index in [1.807, 2.05) is 24.3 Å². The summed E-state index contributed by atoms with van der Waals surface area (Å²) in [6, 6.07) is 8.07. The molecule has 0 bridgehead atoms. The molecule has 2 N–H and O–H groups in total. The van der Waals surface area contributed by atoms with Crippen LogP contribution in [0.1, 0.15) is 50.5 Å². The molecule has 0 unspecified atom stereocenters. The molecular formula is C20H28N2O3. The third kappa shape index (κ3) is 4.97. The fourth-order valence-electron chi connectivity index (χ4n) is 3.82. The van der Waals surface area contributed by atoms with Gasteiger partial charge in [-0.15, -0.1) is 0 Å². The molecule has 1 aliphatic carbocycles. The van der Waals surface area contributed by atoms with E-state index >= 15 is 0 Å². The van der Waals surface area contributed by atoms with Crippen LogP contribution in [0.25, 0.3) is 0 Å². The van der Waals surface area contributed by atoms with Crippen LogP contribution >= 0.6 is 0 Å². The van der Waals surface area contributed by atoms with Gasteiger partial charge in [-0.3, -0.25) is 9.59 Å². The number of amides is 2. The van der Waals surface area contributed by atoms with Crippen LogP contribution in [0.5, 0.6) is 5.75 Å². The zero-order chi connectivity index (χ0) is 17.6. The number of benzene rings is 1. The van der Waals surface area contributed by atoms with Crippen molar-refractivity contribution in [3.05, 3.63) is 29.8 Å². The number of ether oxygens (including phenoxy) is 1. The van der Waals surface area contributed by atoms with Gasteiger partial charge >= 0.3 is 0 Å². The maximum Gasteiger partial charge on any atom is 0.222 e. The fraction of sp³-hybridized carbons (Fsp3) is 0.600. The van der Waals surface area contributed by atoms with Gasteiger partial charge in [-0.2, -0.15) is 0 Å². The molecule has 25 heavy (non-hydrogen) atoms. The molecule has 0 aromatic heterocycles. The van der Waals surface area contributed by atoms with E-state index in [2.05, 4.69) is 0 Å². The highest BCUT2D eigenvalue weighted by atomic mass is 16.5. The van der Waals surface area contributed by atoms with Crippen molar-refractivity contribution in [3.63, 3.8) is 0 Å². The minimum atomic E-state index is -0.297. The van der Waals surface area contributed by atoms with Crippen molar-refractivity contribution in [2.45, 2.75) is 57.5 Å². The number of rotatable bonds is 6. The third-order valence-electron chi connectivity index (χ3n) is 5.31. The van der Waals surface area contributed by atoms with E-state index in [-0.39, 0.29) is 17.7 Å². The van der Waals surface area contributed by atoms with E-state index in [0.717, 1.165) is 43.5 Å². The normalized spacial score (nSPS) is 21.3. The first-order valence-electron chi connectivity index (χ1n) is 9.44. The number of hydrogen-bond donors (Lipinski definition) is 1. The second kappa shape index (κ2) is 8.37. The molecule has 2 aliphatic rings. The monoisotopic (exact) mass is 344 g/mol. The van der Waals surface area contributed by atoms with E-state index in [1.54, 1.807) is 4.90 Å². The lowest BCUT2D eigenvalue weighted by atomic mass is 9.97. The zero-order valence-corrected chi connectivity index (χ0v) is 14.8. The summed E-state index contributed by atoms with van der Waals surface area (Å²) in [5.41, 5.74) is 6.51. The van der Waals surface area contributed by atoms with Crippen molar-refractivity contribution in [1.82, 2.24) is 4.90 Å². The number of piperidine rings is 1. The standard InChI is InChI=1S/C20H28N2O3/c21-20(24)16-6-4-12-22(14-16)19(23)11-10-15-5-3-9-18(13-15)25-17-7-1-2-8-17/h3,5,9,13,16-17H,1-2,4,6-8,10-12,14H2,(H2,21,24)/t16-/m1/s1. The van der Waals surface area contributed by atoms with Gasteiger partial charge in [-0.1, -0.05) is 12.1 Å². The maximum atomic E-state index is 12.4. The van der Waals surface area contributed by atoms with Gasteiger partial charge in [0.15, 0.2) is 0 Å². The summed E-state index contributed by atoms with van der Waals surface area (Å²) in [5.74, 6) is 0.520. The van der Waals surface area contributed by atoms with Gasteiger partial charge in [-0.25, -0.2) is 0 Å². The second-order valence-electron chi connectivity index (χ2n) is 7.25.